The molecule has 3 rings (SSSR count). The number of carbonyl (C=O) groups excluding carboxylic acids is 1. The van der Waals surface area contributed by atoms with Gasteiger partial charge in [-0.3, -0.25) is 4.79 Å². The third-order valence-corrected chi connectivity index (χ3v) is 4.29. The van der Waals surface area contributed by atoms with Crippen LogP contribution in [0.1, 0.15) is 24.2 Å². The largest absolute Gasteiger partial charge is 0.497 e. The van der Waals surface area contributed by atoms with Crippen molar-refractivity contribution in [3.63, 3.8) is 0 Å². The van der Waals surface area contributed by atoms with Crippen molar-refractivity contribution in [1.29, 1.82) is 0 Å². The van der Waals surface area contributed by atoms with E-state index in [4.69, 9.17) is 9.15 Å². The molecule has 3 aromatic rings. The molecule has 0 spiro atoms. The van der Waals surface area contributed by atoms with Gasteiger partial charge in [0.1, 0.15) is 11.5 Å². The van der Waals surface area contributed by atoms with E-state index in [9.17, 15) is 4.79 Å². The normalized spacial score (nSPS) is 12.1. The van der Waals surface area contributed by atoms with E-state index < -0.39 is 0 Å². The van der Waals surface area contributed by atoms with Gasteiger partial charge in [0.05, 0.1) is 25.8 Å². The number of nitrogens with zero attached hydrogens (tertiary/aromatic N) is 1. The maximum atomic E-state index is 12.7. The monoisotopic (exact) mass is 323 g/mol. The zero-order valence-corrected chi connectivity index (χ0v) is 14.2. The van der Waals surface area contributed by atoms with Gasteiger partial charge in [0, 0.05) is 7.05 Å². The van der Waals surface area contributed by atoms with E-state index in [-0.39, 0.29) is 11.8 Å². The second-order valence-electron chi connectivity index (χ2n) is 5.97. The summed E-state index contributed by atoms with van der Waals surface area (Å²) in [6, 6.07) is 15.7. The lowest BCUT2D eigenvalue weighted by Gasteiger charge is -2.21. The SMILES string of the molecule is COc1ccc2cc(C(C)C(=O)N(C)Cc3ccco3)ccc2c1. The number of ether oxygens (including phenoxy) is 1. The standard InChI is InChI=1S/C20H21NO3/c1-14(20(22)21(2)13-19-5-4-10-24-19)15-6-7-17-12-18(23-3)9-8-16(17)11-15/h4-12,14H,13H2,1-3H3. The lowest BCUT2D eigenvalue weighted by molar-refractivity contribution is -0.131. The first-order chi connectivity index (χ1) is 11.6. The smallest absolute Gasteiger partial charge is 0.229 e. The van der Waals surface area contributed by atoms with Crippen LogP contribution in [0, 0.1) is 0 Å². The minimum atomic E-state index is -0.212. The number of hydrogen-bond donors (Lipinski definition) is 0. The fraction of sp³-hybridized carbons (Fsp3) is 0.250. The number of hydrogen-bond acceptors (Lipinski definition) is 3. The molecule has 0 N–H and O–H groups in total. The maximum absolute atomic E-state index is 12.7. The Hall–Kier alpha value is -2.75. The van der Waals surface area contributed by atoms with E-state index in [1.54, 1.807) is 25.3 Å². The van der Waals surface area contributed by atoms with Crippen molar-refractivity contribution in [2.24, 2.45) is 0 Å². The Balaban J connectivity index is 1.79. The third-order valence-electron chi connectivity index (χ3n) is 4.29. The Labute approximate surface area is 141 Å². The minimum Gasteiger partial charge on any atom is -0.497 e. The van der Waals surface area contributed by atoms with Crippen LogP contribution >= 0.6 is 0 Å². The van der Waals surface area contributed by atoms with Crippen LogP contribution in [0.15, 0.2) is 59.2 Å². The molecule has 0 saturated heterocycles. The van der Waals surface area contributed by atoms with Crippen molar-refractivity contribution in [2.75, 3.05) is 14.2 Å². The summed E-state index contributed by atoms with van der Waals surface area (Å²) in [7, 11) is 3.46. The summed E-state index contributed by atoms with van der Waals surface area (Å²) >= 11 is 0. The van der Waals surface area contributed by atoms with Gasteiger partial charge in [0.2, 0.25) is 5.91 Å². The van der Waals surface area contributed by atoms with E-state index in [2.05, 4.69) is 6.07 Å². The fourth-order valence-electron chi connectivity index (χ4n) is 2.83. The Kier molecular flexibility index (Phi) is 4.56. The molecule has 0 bridgehead atoms. The highest BCUT2D eigenvalue weighted by atomic mass is 16.5. The first-order valence-corrected chi connectivity index (χ1v) is 7.93. The van der Waals surface area contributed by atoms with Crippen LogP contribution in [0.25, 0.3) is 10.8 Å². The van der Waals surface area contributed by atoms with Crippen LogP contribution in [-0.2, 0) is 11.3 Å². The molecule has 2 aromatic carbocycles. The molecule has 4 heteroatoms. The molecule has 1 amide bonds. The Morgan fingerprint density at radius 2 is 1.92 bits per heavy atom. The molecule has 0 aliphatic rings. The fourth-order valence-corrected chi connectivity index (χ4v) is 2.83. The average molecular weight is 323 g/mol. The predicted molar refractivity (Wildman–Crippen MR) is 94.1 cm³/mol. The zero-order valence-electron chi connectivity index (χ0n) is 14.2. The Morgan fingerprint density at radius 1 is 1.17 bits per heavy atom. The van der Waals surface area contributed by atoms with Crippen LogP contribution in [0.2, 0.25) is 0 Å². The first kappa shape index (κ1) is 16.1. The number of likely N-dealkylation sites (N-methyl/N-ethyl adjacent to an activating group) is 1. The summed E-state index contributed by atoms with van der Waals surface area (Å²) in [6.07, 6.45) is 1.62. The molecular weight excluding hydrogens is 302 g/mol. The van der Waals surface area contributed by atoms with Crippen LogP contribution in [0.3, 0.4) is 0 Å². The van der Waals surface area contributed by atoms with Crippen LogP contribution in [-0.4, -0.2) is 25.0 Å². The highest BCUT2D eigenvalue weighted by Gasteiger charge is 2.20. The summed E-state index contributed by atoms with van der Waals surface area (Å²) in [5.74, 6) is 1.47. The maximum Gasteiger partial charge on any atom is 0.229 e. The van der Waals surface area contributed by atoms with Gasteiger partial charge >= 0.3 is 0 Å². The molecule has 1 aromatic heterocycles. The molecule has 1 heterocycles. The molecule has 0 saturated carbocycles. The molecule has 0 fully saturated rings. The van der Waals surface area contributed by atoms with Gasteiger partial charge in [-0.05, 0) is 47.5 Å². The highest BCUT2D eigenvalue weighted by Crippen LogP contribution is 2.26. The topological polar surface area (TPSA) is 42.7 Å². The molecule has 1 unspecified atom stereocenters. The predicted octanol–water partition coefficient (Wildman–Crippen LogP) is 4.20. The lowest BCUT2D eigenvalue weighted by atomic mass is 9.96. The molecule has 0 aliphatic heterocycles. The van der Waals surface area contributed by atoms with Gasteiger partial charge in [-0.2, -0.15) is 0 Å². The van der Waals surface area contributed by atoms with Crippen LogP contribution < -0.4 is 4.74 Å². The van der Waals surface area contributed by atoms with Gasteiger partial charge in [-0.15, -0.1) is 0 Å². The third kappa shape index (κ3) is 3.27. The van der Waals surface area contributed by atoms with Gasteiger partial charge in [0.25, 0.3) is 0 Å². The number of methoxy groups -OCH3 is 1. The van der Waals surface area contributed by atoms with Gasteiger partial charge in [0.15, 0.2) is 0 Å². The summed E-state index contributed by atoms with van der Waals surface area (Å²) in [5, 5.41) is 2.20. The van der Waals surface area contributed by atoms with E-state index in [1.807, 2.05) is 49.4 Å². The van der Waals surface area contributed by atoms with Crippen molar-refractivity contribution in [3.8, 4) is 5.75 Å². The zero-order chi connectivity index (χ0) is 17.1. The quantitative estimate of drug-likeness (QED) is 0.706. The lowest BCUT2D eigenvalue weighted by Crippen LogP contribution is -2.30. The van der Waals surface area contributed by atoms with Crippen molar-refractivity contribution in [3.05, 3.63) is 66.1 Å². The summed E-state index contributed by atoms with van der Waals surface area (Å²) in [4.78, 5) is 14.4. The molecule has 124 valence electrons. The Morgan fingerprint density at radius 3 is 2.62 bits per heavy atom. The number of rotatable bonds is 5. The number of benzene rings is 2. The van der Waals surface area contributed by atoms with E-state index in [1.165, 1.54) is 0 Å². The van der Waals surface area contributed by atoms with E-state index in [0.717, 1.165) is 27.8 Å². The van der Waals surface area contributed by atoms with Crippen molar-refractivity contribution >= 4 is 16.7 Å². The van der Waals surface area contributed by atoms with Crippen LogP contribution in [0.5, 0.6) is 5.75 Å². The van der Waals surface area contributed by atoms with Crippen molar-refractivity contribution in [2.45, 2.75) is 19.4 Å². The number of amides is 1. The molecule has 1 atom stereocenters. The number of furan rings is 1. The number of fused-ring (bicyclic) bond motifs is 1. The molecule has 0 aliphatic carbocycles. The van der Waals surface area contributed by atoms with Gasteiger partial charge in [-0.25, -0.2) is 0 Å². The van der Waals surface area contributed by atoms with Crippen molar-refractivity contribution < 1.29 is 13.9 Å². The second kappa shape index (κ2) is 6.79. The Bertz CT molecular complexity index is 839. The second-order valence-corrected chi connectivity index (χ2v) is 5.97. The first-order valence-electron chi connectivity index (χ1n) is 7.93. The highest BCUT2D eigenvalue weighted by molar-refractivity contribution is 5.88. The van der Waals surface area contributed by atoms with Gasteiger partial charge in [-0.1, -0.05) is 24.3 Å². The summed E-state index contributed by atoms with van der Waals surface area (Å²) in [5.41, 5.74) is 1.00. The number of carbonyl (C=O) groups is 1. The van der Waals surface area contributed by atoms with E-state index >= 15 is 0 Å². The minimum absolute atomic E-state index is 0.0688. The average Bonchev–Trinajstić information content (AvgIpc) is 3.12. The molecule has 24 heavy (non-hydrogen) atoms. The van der Waals surface area contributed by atoms with Crippen molar-refractivity contribution in [1.82, 2.24) is 4.90 Å². The van der Waals surface area contributed by atoms with E-state index in [0.29, 0.717) is 6.54 Å². The van der Waals surface area contributed by atoms with Gasteiger partial charge < -0.3 is 14.1 Å². The molecule has 0 radical (unpaired) electrons. The van der Waals surface area contributed by atoms with Crippen LogP contribution in [0.4, 0.5) is 0 Å². The summed E-state index contributed by atoms with van der Waals surface area (Å²) < 4.78 is 10.6. The molecule has 4 nitrogen and oxygen atoms in total. The summed E-state index contributed by atoms with van der Waals surface area (Å²) in [6.45, 7) is 2.41. The molecular formula is C20H21NO3.